The van der Waals surface area contributed by atoms with E-state index in [1.54, 1.807) is 24.5 Å². The lowest BCUT2D eigenvalue weighted by molar-refractivity contribution is -0.125. The van der Waals surface area contributed by atoms with Gasteiger partial charge in [0.05, 0.1) is 12.4 Å². The van der Waals surface area contributed by atoms with Gasteiger partial charge in [0.25, 0.3) is 5.91 Å². The number of nitrogens with one attached hydrogen (secondary N) is 1. The molecule has 2 amide bonds. The number of aliphatic hydroxyl groups excluding tert-OH is 1. The summed E-state index contributed by atoms with van der Waals surface area (Å²) < 4.78 is 6.16. The van der Waals surface area contributed by atoms with Crippen molar-refractivity contribution >= 4 is 27.7 Å². The fourth-order valence-electron chi connectivity index (χ4n) is 3.61. The number of aliphatic hydroxyl groups is 1. The number of carbonyl (C=O) groups excluding carboxylic acids is 2. The summed E-state index contributed by atoms with van der Waals surface area (Å²) in [6, 6.07) is 17.7. The lowest BCUT2D eigenvalue weighted by Crippen LogP contribution is -2.45. The quantitative estimate of drug-likeness (QED) is 0.599. The highest BCUT2D eigenvalue weighted by atomic mass is 79.9. The molecule has 1 aromatic heterocycles. The summed E-state index contributed by atoms with van der Waals surface area (Å²) >= 11 is 3.36. The predicted molar refractivity (Wildman–Crippen MR) is 116 cm³/mol. The van der Waals surface area contributed by atoms with Crippen molar-refractivity contribution in [1.29, 1.82) is 0 Å². The third kappa shape index (κ3) is 4.47. The number of benzene rings is 2. The fourth-order valence-corrected chi connectivity index (χ4v) is 4.01. The van der Waals surface area contributed by atoms with Crippen LogP contribution in [0.3, 0.4) is 0 Å². The van der Waals surface area contributed by atoms with Crippen LogP contribution in [-0.2, 0) is 11.3 Å². The monoisotopic (exact) mass is 468 g/mol. The van der Waals surface area contributed by atoms with Gasteiger partial charge in [0.15, 0.2) is 0 Å². The summed E-state index contributed by atoms with van der Waals surface area (Å²) in [5.41, 5.74) is 2.37. The molecule has 2 atom stereocenters. The van der Waals surface area contributed by atoms with Crippen molar-refractivity contribution in [2.75, 3.05) is 6.54 Å². The first-order chi connectivity index (χ1) is 14.5. The summed E-state index contributed by atoms with van der Waals surface area (Å²) in [6.07, 6.45) is 1.13. The smallest absolute Gasteiger partial charge is 0.254 e. The van der Waals surface area contributed by atoms with E-state index in [-0.39, 0.29) is 24.8 Å². The molecule has 30 heavy (non-hydrogen) atoms. The fraction of sp³-hybridized carbons (Fsp3) is 0.217. The van der Waals surface area contributed by atoms with Gasteiger partial charge in [0, 0.05) is 35.1 Å². The second-order valence-electron chi connectivity index (χ2n) is 7.27. The van der Waals surface area contributed by atoms with Gasteiger partial charge in [-0.3, -0.25) is 9.59 Å². The molecule has 0 aliphatic carbocycles. The lowest BCUT2D eigenvalue weighted by atomic mass is 10.1. The number of hydrogen-bond donors (Lipinski definition) is 2. The van der Waals surface area contributed by atoms with Crippen LogP contribution in [0.25, 0.3) is 11.3 Å². The van der Waals surface area contributed by atoms with Gasteiger partial charge in [0.2, 0.25) is 5.91 Å². The first-order valence-corrected chi connectivity index (χ1v) is 10.5. The van der Waals surface area contributed by atoms with Crippen molar-refractivity contribution in [3.63, 3.8) is 0 Å². The molecule has 0 saturated carbocycles. The molecule has 0 spiro atoms. The van der Waals surface area contributed by atoms with Gasteiger partial charge in [-0.15, -0.1) is 0 Å². The van der Waals surface area contributed by atoms with Gasteiger partial charge in [-0.25, -0.2) is 0 Å². The van der Waals surface area contributed by atoms with Gasteiger partial charge in [-0.05, 0) is 35.9 Å². The van der Waals surface area contributed by atoms with Crippen LogP contribution in [0.2, 0.25) is 0 Å². The molecule has 154 valence electrons. The number of hydrogen-bond acceptors (Lipinski definition) is 4. The molecule has 2 aromatic carbocycles. The maximum atomic E-state index is 12.9. The molecule has 7 heteroatoms. The molecule has 2 heterocycles. The number of likely N-dealkylation sites (tertiary alicyclic amines) is 1. The highest BCUT2D eigenvalue weighted by molar-refractivity contribution is 9.10. The molecule has 1 saturated heterocycles. The summed E-state index contributed by atoms with van der Waals surface area (Å²) in [5, 5.41) is 13.0. The molecular formula is C23H21BrN2O4. The van der Waals surface area contributed by atoms with Gasteiger partial charge in [-0.1, -0.05) is 46.3 Å². The molecule has 3 aromatic rings. The van der Waals surface area contributed by atoms with E-state index < -0.39 is 12.1 Å². The van der Waals surface area contributed by atoms with Crippen LogP contribution >= 0.6 is 15.9 Å². The summed E-state index contributed by atoms with van der Waals surface area (Å²) in [7, 11) is 0. The Balaban J connectivity index is 1.41. The van der Waals surface area contributed by atoms with E-state index in [0.717, 1.165) is 21.4 Å². The van der Waals surface area contributed by atoms with Crippen molar-refractivity contribution < 1.29 is 19.1 Å². The summed E-state index contributed by atoms with van der Waals surface area (Å²) in [4.78, 5) is 27.1. The number of rotatable bonds is 5. The first kappa shape index (κ1) is 20.4. The first-order valence-electron chi connectivity index (χ1n) is 9.66. The zero-order chi connectivity index (χ0) is 21.1. The van der Waals surface area contributed by atoms with Crippen LogP contribution in [0.4, 0.5) is 0 Å². The van der Waals surface area contributed by atoms with Crippen molar-refractivity contribution in [2.24, 2.45) is 0 Å². The van der Waals surface area contributed by atoms with Crippen molar-refractivity contribution in [1.82, 2.24) is 10.2 Å². The highest BCUT2D eigenvalue weighted by Gasteiger charge is 2.39. The Labute approximate surface area is 182 Å². The van der Waals surface area contributed by atoms with Gasteiger partial charge in [-0.2, -0.15) is 0 Å². The van der Waals surface area contributed by atoms with Crippen LogP contribution in [0, 0.1) is 0 Å². The topological polar surface area (TPSA) is 82.8 Å². The second-order valence-corrected chi connectivity index (χ2v) is 8.18. The Morgan fingerprint density at radius 1 is 1.13 bits per heavy atom. The van der Waals surface area contributed by atoms with Crippen molar-refractivity contribution in [2.45, 2.75) is 25.1 Å². The lowest BCUT2D eigenvalue weighted by Gasteiger charge is -2.24. The molecule has 1 aliphatic rings. The van der Waals surface area contributed by atoms with Crippen LogP contribution in [0.15, 0.2) is 75.8 Å². The maximum Gasteiger partial charge on any atom is 0.254 e. The van der Waals surface area contributed by atoms with Crippen molar-refractivity contribution in [3.05, 3.63) is 82.5 Å². The normalized spacial score (nSPS) is 18.4. The van der Waals surface area contributed by atoms with Crippen molar-refractivity contribution in [3.8, 4) is 11.3 Å². The number of nitrogens with zero attached hydrogens (tertiary/aromatic N) is 1. The Kier molecular flexibility index (Phi) is 6.01. The minimum atomic E-state index is -0.718. The zero-order valence-corrected chi connectivity index (χ0v) is 17.7. The van der Waals surface area contributed by atoms with E-state index in [9.17, 15) is 14.7 Å². The van der Waals surface area contributed by atoms with E-state index in [1.807, 2.05) is 42.5 Å². The minimum absolute atomic E-state index is 0.140. The van der Waals surface area contributed by atoms with E-state index in [1.165, 1.54) is 4.90 Å². The zero-order valence-electron chi connectivity index (χ0n) is 16.1. The summed E-state index contributed by atoms with van der Waals surface area (Å²) in [5.74, 6) is 0.244. The largest absolute Gasteiger partial charge is 0.464 e. The van der Waals surface area contributed by atoms with Gasteiger partial charge >= 0.3 is 0 Å². The second kappa shape index (κ2) is 8.85. The van der Waals surface area contributed by atoms with E-state index in [0.29, 0.717) is 12.1 Å². The van der Waals surface area contributed by atoms with Gasteiger partial charge < -0.3 is 19.7 Å². The Hall–Kier alpha value is -2.90. The summed E-state index contributed by atoms with van der Waals surface area (Å²) in [6.45, 7) is 0.476. The number of amides is 2. The standard InChI is InChI=1S/C23H21BrN2O4/c24-18-4-1-3-17(11-18)23(29)26-14-19(27)12-20(26)22(28)25-13-15-6-8-16(9-7-15)21-5-2-10-30-21/h1-11,19-20,27H,12-14H2,(H,25,28)/t19-,20+/m1/s1. The number of halogens is 1. The highest BCUT2D eigenvalue weighted by Crippen LogP contribution is 2.23. The third-order valence-electron chi connectivity index (χ3n) is 5.14. The molecule has 1 aliphatic heterocycles. The average Bonchev–Trinajstić information content (AvgIpc) is 3.42. The Morgan fingerprint density at radius 2 is 1.93 bits per heavy atom. The SMILES string of the molecule is O=C(NCc1ccc(-c2ccco2)cc1)[C@@H]1C[C@@H](O)CN1C(=O)c1cccc(Br)c1. The number of furan rings is 1. The van der Waals surface area contributed by atoms with E-state index in [2.05, 4.69) is 21.2 Å². The molecule has 0 radical (unpaired) electrons. The van der Waals surface area contributed by atoms with Crippen LogP contribution in [0.1, 0.15) is 22.3 Å². The van der Waals surface area contributed by atoms with Gasteiger partial charge in [0.1, 0.15) is 11.8 Å². The van der Waals surface area contributed by atoms with E-state index >= 15 is 0 Å². The minimum Gasteiger partial charge on any atom is -0.464 e. The molecule has 0 bridgehead atoms. The average molecular weight is 469 g/mol. The molecule has 4 rings (SSSR count). The Bertz CT molecular complexity index is 1030. The predicted octanol–water partition coefficient (Wildman–Crippen LogP) is 3.60. The molecule has 6 nitrogen and oxygen atoms in total. The molecule has 1 fully saturated rings. The van der Waals surface area contributed by atoms with Crippen LogP contribution in [-0.4, -0.2) is 40.5 Å². The molecular weight excluding hydrogens is 448 g/mol. The van der Waals surface area contributed by atoms with E-state index in [4.69, 9.17) is 4.42 Å². The molecule has 0 unspecified atom stereocenters. The Morgan fingerprint density at radius 3 is 2.63 bits per heavy atom. The number of β-amino-alcohol motifs (C(OH)–C–C–N with tert-alkyl or cyclic N) is 1. The van der Waals surface area contributed by atoms with Crippen LogP contribution < -0.4 is 5.32 Å². The number of carbonyl (C=O) groups is 2. The maximum absolute atomic E-state index is 12.9. The third-order valence-corrected chi connectivity index (χ3v) is 5.63. The molecule has 2 N–H and O–H groups in total. The van der Waals surface area contributed by atoms with Crippen LogP contribution in [0.5, 0.6) is 0 Å².